The number of hydrogen-bond donors (Lipinski definition) is 2. The Morgan fingerprint density at radius 2 is 2.20 bits per heavy atom. The van der Waals surface area contributed by atoms with E-state index in [0.717, 1.165) is 6.26 Å². The maximum atomic E-state index is 11.6. The van der Waals surface area contributed by atoms with Crippen molar-refractivity contribution < 1.29 is 23.2 Å². The minimum absolute atomic E-state index is 0.0656. The van der Waals surface area contributed by atoms with Gasteiger partial charge in [0.2, 0.25) is 0 Å². The number of methoxy groups -OCH3 is 1. The molecule has 0 fully saturated rings. The molecule has 0 saturated heterocycles. The molecule has 0 atom stereocenters. The van der Waals surface area contributed by atoms with Crippen LogP contribution in [0.4, 0.5) is 6.01 Å². The van der Waals surface area contributed by atoms with Crippen molar-refractivity contribution >= 4 is 17.8 Å². The van der Waals surface area contributed by atoms with Crippen LogP contribution in [0.1, 0.15) is 21.0 Å². The highest BCUT2D eigenvalue weighted by Gasteiger charge is 2.15. The molecule has 8 heteroatoms. The van der Waals surface area contributed by atoms with Crippen LogP contribution in [0.3, 0.4) is 0 Å². The smallest absolute Gasteiger partial charge is 0.302 e. The molecular formula is C12H13N3O5. The number of ether oxygens (including phenoxy) is 1. The van der Waals surface area contributed by atoms with Gasteiger partial charge in [-0.2, -0.15) is 4.98 Å². The molecule has 0 bridgehead atoms. The lowest BCUT2D eigenvalue weighted by molar-refractivity contribution is 0.0931. The molecule has 0 aliphatic heterocycles. The summed E-state index contributed by atoms with van der Waals surface area (Å²) in [6.07, 6.45) is 2.53. The maximum Gasteiger partial charge on any atom is 0.302 e. The number of anilines is 1. The zero-order valence-corrected chi connectivity index (χ0v) is 10.7. The largest absolute Gasteiger partial charge is 0.459 e. The summed E-state index contributed by atoms with van der Waals surface area (Å²) in [5.41, 5.74) is 0.0656. The van der Waals surface area contributed by atoms with E-state index in [9.17, 15) is 9.59 Å². The summed E-state index contributed by atoms with van der Waals surface area (Å²) in [5, 5.41) is 4.95. The van der Waals surface area contributed by atoms with E-state index >= 15 is 0 Å². The molecule has 8 nitrogen and oxygen atoms in total. The summed E-state index contributed by atoms with van der Waals surface area (Å²) in [6, 6.07) is 3.00. The van der Waals surface area contributed by atoms with E-state index in [4.69, 9.17) is 13.6 Å². The molecule has 2 aromatic rings. The number of rotatable bonds is 6. The summed E-state index contributed by atoms with van der Waals surface area (Å²) in [7, 11) is 1.53. The minimum Gasteiger partial charge on any atom is -0.459 e. The van der Waals surface area contributed by atoms with Crippen LogP contribution >= 0.6 is 0 Å². The Balaban J connectivity index is 1.92. The van der Waals surface area contributed by atoms with Gasteiger partial charge in [-0.1, -0.05) is 0 Å². The first-order valence-corrected chi connectivity index (χ1v) is 5.78. The Hall–Kier alpha value is -2.61. The molecule has 0 radical (unpaired) electrons. The monoisotopic (exact) mass is 279 g/mol. The van der Waals surface area contributed by atoms with Crippen molar-refractivity contribution in [2.45, 2.75) is 0 Å². The maximum absolute atomic E-state index is 11.6. The van der Waals surface area contributed by atoms with Crippen LogP contribution in [0.2, 0.25) is 0 Å². The average molecular weight is 279 g/mol. The van der Waals surface area contributed by atoms with Crippen LogP contribution in [-0.4, -0.2) is 37.1 Å². The SMILES string of the molecule is COCCNC(=O)c1coc(NC(=O)c2ccco2)n1. The topological polar surface area (TPSA) is 107 Å². The van der Waals surface area contributed by atoms with Crippen LogP contribution in [-0.2, 0) is 4.74 Å². The highest BCUT2D eigenvalue weighted by atomic mass is 16.5. The van der Waals surface area contributed by atoms with Crippen LogP contribution < -0.4 is 10.6 Å². The molecule has 2 N–H and O–H groups in total. The fraction of sp³-hybridized carbons (Fsp3) is 0.250. The van der Waals surface area contributed by atoms with Crippen molar-refractivity contribution in [2.75, 3.05) is 25.6 Å². The first-order chi connectivity index (χ1) is 9.70. The van der Waals surface area contributed by atoms with Crippen molar-refractivity contribution in [3.05, 3.63) is 36.1 Å². The average Bonchev–Trinajstić information content (AvgIpc) is 3.10. The predicted molar refractivity (Wildman–Crippen MR) is 67.4 cm³/mol. The van der Waals surface area contributed by atoms with E-state index in [1.54, 1.807) is 6.07 Å². The van der Waals surface area contributed by atoms with Gasteiger partial charge in [-0.3, -0.25) is 14.9 Å². The normalized spacial score (nSPS) is 10.2. The van der Waals surface area contributed by atoms with Gasteiger partial charge in [-0.15, -0.1) is 0 Å². The summed E-state index contributed by atoms with van der Waals surface area (Å²) < 4.78 is 14.7. The lowest BCUT2D eigenvalue weighted by atomic mass is 10.4. The van der Waals surface area contributed by atoms with E-state index in [1.807, 2.05) is 0 Å². The molecule has 106 valence electrons. The van der Waals surface area contributed by atoms with Crippen LogP contribution in [0, 0.1) is 0 Å². The summed E-state index contributed by atoms with van der Waals surface area (Å²) >= 11 is 0. The third-order valence-electron chi connectivity index (χ3n) is 2.29. The van der Waals surface area contributed by atoms with Gasteiger partial charge in [0, 0.05) is 13.7 Å². The number of nitrogens with one attached hydrogen (secondary N) is 2. The fourth-order valence-corrected chi connectivity index (χ4v) is 1.36. The van der Waals surface area contributed by atoms with E-state index < -0.39 is 11.8 Å². The van der Waals surface area contributed by atoms with Crippen LogP contribution in [0.15, 0.2) is 33.5 Å². The highest BCUT2D eigenvalue weighted by Crippen LogP contribution is 2.10. The van der Waals surface area contributed by atoms with Crippen molar-refractivity contribution in [3.63, 3.8) is 0 Å². The molecule has 0 aromatic carbocycles. The molecule has 0 unspecified atom stereocenters. The zero-order valence-electron chi connectivity index (χ0n) is 10.7. The summed E-state index contributed by atoms with van der Waals surface area (Å²) in [5.74, 6) is -0.804. The molecule has 2 amide bonds. The van der Waals surface area contributed by atoms with Gasteiger partial charge in [-0.05, 0) is 12.1 Å². The standard InChI is InChI=1S/C12H13N3O5/c1-18-6-4-13-10(16)8-7-20-12(14-8)15-11(17)9-3-2-5-19-9/h2-3,5,7H,4,6H2,1H3,(H,13,16)(H,14,15,17). The summed E-state index contributed by atoms with van der Waals surface area (Å²) in [6.45, 7) is 0.752. The second kappa shape index (κ2) is 6.53. The van der Waals surface area contributed by atoms with E-state index in [1.165, 1.54) is 19.4 Å². The summed E-state index contributed by atoms with van der Waals surface area (Å²) in [4.78, 5) is 27.1. The van der Waals surface area contributed by atoms with Crippen molar-refractivity contribution in [1.29, 1.82) is 0 Å². The van der Waals surface area contributed by atoms with E-state index in [-0.39, 0.29) is 17.5 Å². The number of furan rings is 1. The van der Waals surface area contributed by atoms with Crippen molar-refractivity contribution in [1.82, 2.24) is 10.3 Å². The quantitative estimate of drug-likeness (QED) is 0.761. The highest BCUT2D eigenvalue weighted by molar-refractivity contribution is 6.01. The molecular weight excluding hydrogens is 266 g/mol. The minimum atomic E-state index is -0.511. The Morgan fingerprint density at radius 1 is 1.35 bits per heavy atom. The first-order valence-electron chi connectivity index (χ1n) is 5.78. The number of carbonyl (C=O) groups is 2. The Bertz CT molecular complexity index is 576. The number of hydrogen-bond acceptors (Lipinski definition) is 6. The molecule has 0 aliphatic rings. The fourth-order valence-electron chi connectivity index (χ4n) is 1.36. The van der Waals surface area contributed by atoms with E-state index in [0.29, 0.717) is 13.2 Å². The molecule has 0 aliphatic carbocycles. The van der Waals surface area contributed by atoms with Gasteiger partial charge in [0.25, 0.3) is 11.8 Å². The molecule has 0 saturated carbocycles. The lowest BCUT2D eigenvalue weighted by Crippen LogP contribution is -2.27. The van der Waals surface area contributed by atoms with E-state index in [2.05, 4.69) is 15.6 Å². The van der Waals surface area contributed by atoms with Gasteiger partial charge in [0.1, 0.15) is 6.26 Å². The number of aromatic nitrogens is 1. The predicted octanol–water partition coefficient (Wildman–Crippen LogP) is 0.896. The van der Waals surface area contributed by atoms with Gasteiger partial charge in [0.05, 0.1) is 12.9 Å². The number of oxazole rings is 1. The Labute approximate surface area is 114 Å². The van der Waals surface area contributed by atoms with Crippen molar-refractivity contribution in [2.24, 2.45) is 0 Å². The third kappa shape index (κ3) is 3.45. The number of nitrogens with zero attached hydrogens (tertiary/aromatic N) is 1. The Kier molecular flexibility index (Phi) is 4.51. The van der Waals surface area contributed by atoms with Gasteiger partial charge >= 0.3 is 6.01 Å². The molecule has 2 aromatic heterocycles. The second-order valence-electron chi connectivity index (χ2n) is 3.72. The van der Waals surface area contributed by atoms with Gasteiger partial charge in [0.15, 0.2) is 11.5 Å². The zero-order chi connectivity index (χ0) is 14.4. The number of amides is 2. The van der Waals surface area contributed by atoms with Crippen LogP contribution in [0.5, 0.6) is 0 Å². The van der Waals surface area contributed by atoms with Gasteiger partial charge < -0.3 is 18.9 Å². The third-order valence-corrected chi connectivity index (χ3v) is 2.29. The lowest BCUT2D eigenvalue weighted by Gasteiger charge is -2.00. The molecule has 2 rings (SSSR count). The van der Waals surface area contributed by atoms with Crippen LogP contribution in [0.25, 0.3) is 0 Å². The molecule has 2 heterocycles. The van der Waals surface area contributed by atoms with Crippen molar-refractivity contribution in [3.8, 4) is 0 Å². The molecule has 0 spiro atoms. The number of carbonyl (C=O) groups excluding carboxylic acids is 2. The second-order valence-corrected chi connectivity index (χ2v) is 3.72. The Morgan fingerprint density at radius 3 is 2.90 bits per heavy atom. The molecule has 20 heavy (non-hydrogen) atoms. The first kappa shape index (κ1) is 13.8. The van der Waals surface area contributed by atoms with Gasteiger partial charge in [-0.25, -0.2) is 0 Å².